The van der Waals surface area contributed by atoms with E-state index in [1.165, 1.54) is 5.56 Å². The average molecular weight is 274 g/mol. The zero-order chi connectivity index (χ0) is 14.5. The lowest BCUT2D eigenvalue weighted by atomic mass is 10.1. The Morgan fingerprint density at radius 2 is 2.10 bits per heavy atom. The number of methoxy groups -OCH3 is 1. The third kappa shape index (κ3) is 3.36. The van der Waals surface area contributed by atoms with Crippen molar-refractivity contribution in [1.82, 2.24) is 20.1 Å². The summed E-state index contributed by atoms with van der Waals surface area (Å²) in [5.74, 6) is 0.811. The fraction of sp³-hybridized carbons (Fsp3) is 0.467. The van der Waals surface area contributed by atoms with Crippen LogP contribution in [0.3, 0.4) is 0 Å². The summed E-state index contributed by atoms with van der Waals surface area (Å²) in [6.07, 6.45) is 7.51. The van der Waals surface area contributed by atoms with Gasteiger partial charge in [-0.05, 0) is 26.8 Å². The molecular formula is C15H22N4O. The maximum absolute atomic E-state index is 5.34. The van der Waals surface area contributed by atoms with Crippen LogP contribution in [-0.4, -0.2) is 21.9 Å². The Morgan fingerprint density at radius 3 is 2.75 bits per heavy atom. The second kappa shape index (κ2) is 6.52. The minimum atomic E-state index is 0.190. The summed E-state index contributed by atoms with van der Waals surface area (Å²) >= 11 is 0. The molecule has 2 aromatic rings. The van der Waals surface area contributed by atoms with Gasteiger partial charge in [0, 0.05) is 42.1 Å². The number of rotatable bonds is 6. The number of hydrogen-bond acceptors (Lipinski definition) is 4. The third-order valence-corrected chi connectivity index (χ3v) is 3.30. The fourth-order valence-electron chi connectivity index (χ4n) is 2.05. The molecule has 0 aliphatic heterocycles. The van der Waals surface area contributed by atoms with Crippen molar-refractivity contribution in [3.05, 3.63) is 42.0 Å². The van der Waals surface area contributed by atoms with Gasteiger partial charge in [0.25, 0.3) is 0 Å². The normalized spacial score (nSPS) is 12.7. The second-order valence-electron chi connectivity index (χ2n) is 5.14. The molecule has 2 heterocycles. The molecule has 0 spiro atoms. The average Bonchev–Trinajstić information content (AvgIpc) is 2.94. The first-order valence-electron chi connectivity index (χ1n) is 6.86. The molecule has 0 aliphatic carbocycles. The SMILES string of the molecule is COc1cnccc1[C@H](C)NCc1cnn(C(C)C)c1. The predicted octanol–water partition coefficient (Wildman–Crippen LogP) is 2.72. The van der Waals surface area contributed by atoms with E-state index in [4.69, 9.17) is 4.74 Å². The van der Waals surface area contributed by atoms with Gasteiger partial charge in [-0.2, -0.15) is 5.10 Å². The van der Waals surface area contributed by atoms with E-state index in [9.17, 15) is 0 Å². The summed E-state index contributed by atoms with van der Waals surface area (Å²) in [6.45, 7) is 7.13. The zero-order valence-electron chi connectivity index (χ0n) is 12.5. The highest BCUT2D eigenvalue weighted by atomic mass is 16.5. The molecule has 0 saturated heterocycles. The first-order chi connectivity index (χ1) is 9.61. The van der Waals surface area contributed by atoms with Crippen molar-refractivity contribution in [3.8, 4) is 5.75 Å². The molecule has 0 fully saturated rings. The Hall–Kier alpha value is -1.88. The molecule has 0 radical (unpaired) electrons. The zero-order valence-corrected chi connectivity index (χ0v) is 12.5. The highest BCUT2D eigenvalue weighted by Gasteiger charge is 2.11. The van der Waals surface area contributed by atoms with Crippen LogP contribution in [0.1, 0.15) is 44.0 Å². The maximum atomic E-state index is 5.34. The number of hydrogen-bond donors (Lipinski definition) is 1. The number of nitrogens with zero attached hydrogens (tertiary/aromatic N) is 3. The summed E-state index contributed by atoms with van der Waals surface area (Å²) in [5.41, 5.74) is 2.29. The molecule has 0 aliphatic rings. The van der Waals surface area contributed by atoms with Gasteiger partial charge in [0.05, 0.1) is 19.5 Å². The molecule has 0 amide bonds. The molecule has 5 nitrogen and oxygen atoms in total. The summed E-state index contributed by atoms with van der Waals surface area (Å²) in [7, 11) is 1.67. The Labute approximate surface area is 120 Å². The first-order valence-corrected chi connectivity index (χ1v) is 6.86. The molecular weight excluding hydrogens is 252 g/mol. The van der Waals surface area contributed by atoms with Crippen LogP contribution < -0.4 is 10.1 Å². The van der Waals surface area contributed by atoms with Gasteiger partial charge in [-0.15, -0.1) is 0 Å². The van der Waals surface area contributed by atoms with Crippen molar-refractivity contribution in [3.63, 3.8) is 0 Å². The van der Waals surface area contributed by atoms with E-state index in [2.05, 4.69) is 42.4 Å². The monoisotopic (exact) mass is 274 g/mol. The van der Waals surface area contributed by atoms with Crippen LogP contribution in [0.2, 0.25) is 0 Å². The van der Waals surface area contributed by atoms with E-state index in [1.54, 1.807) is 19.5 Å². The molecule has 0 saturated carbocycles. The third-order valence-electron chi connectivity index (χ3n) is 3.30. The van der Waals surface area contributed by atoms with Gasteiger partial charge < -0.3 is 10.1 Å². The van der Waals surface area contributed by atoms with E-state index < -0.39 is 0 Å². The van der Waals surface area contributed by atoms with E-state index in [1.807, 2.05) is 16.9 Å². The van der Waals surface area contributed by atoms with Crippen LogP contribution >= 0.6 is 0 Å². The van der Waals surface area contributed by atoms with Crippen molar-refractivity contribution >= 4 is 0 Å². The van der Waals surface area contributed by atoms with Crippen LogP contribution in [0, 0.1) is 0 Å². The number of nitrogens with one attached hydrogen (secondary N) is 1. The predicted molar refractivity (Wildman–Crippen MR) is 78.7 cm³/mol. The molecule has 0 aromatic carbocycles. The topological polar surface area (TPSA) is 52.0 Å². The first kappa shape index (κ1) is 14.5. The van der Waals surface area contributed by atoms with Gasteiger partial charge in [-0.25, -0.2) is 0 Å². The lowest BCUT2D eigenvalue weighted by Gasteiger charge is -2.16. The summed E-state index contributed by atoms with van der Waals surface area (Å²) in [5, 5.41) is 7.82. The van der Waals surface area contributed by atoms with Gasteiger partial charge in [0.1, 0.15) is 5.75 Å². The fourth-order valence-corrected chi connectivity index (χ4v) is 2.05. The summed E-state index contributed by atoms with van der Waals surface area (Å²) in [6, 6.07) is 2.56. The molecule has 1 N–H and O–H groups in total. The lowest BCUT2D eigenvalue weighted by Crippen LogP contribution is -2.18. The van der Waals surface area contributed by atoms with Crippen LogP contribution in [0.15, 0.2) is 30.9 Å². The Bertz CT molecular complexity index is 550. The van der Waals surface area contributed by atoms with Crippen molar-refractivity contribution in [1.29, 1.82) is 0 Å². The van der Waals surface area contributed by atoms with Crippen LogP contribution in [0.25, 0.3) is 0 Å². The Balaban J connectivity index is 1.99. The maximum Gasteiger partial charge on any atom is 0.141 e. The standard InChI is InChI=1S/C15H22N4O/c1-11(2)19-10-13(8-18-19)7-17-12(3)14-5-6-16-9-15(14)20-4/h5-6,8-12,17H,7H2,1-4H3/t12-/m0/s1. The van der Waals surface area contributed by atoms with Crippen molar-refractivity contribution < 1.29 is 4.74 Å². The quantitative estimate of drug-likeness (QED) is 0.880. The van der Waals surface area contributed by atoms with Crippen molar-refractivity contribution in [2.24, 2.45) is 0 Å². The number of pyridine rings is 1. The van der Waals surface area contributed by atoms with Crippen LogP contribution in [-0.2, 0) is 6.54 Å². The second-order valence-corrected chi connectivity index (χ2v) is 5.14. The highest BCUT2D eigenvalue weighted by Crippen LogP contribution is 2.23. The molecule has 108 valence electrons. The number of aromatic nitrogens is 3. The minimum Gasteiger partial charge on any atom is -0.495 e. The molecule has 2 aromatic heterocycles. The Kier molecular flexibility index (Phi) is 4.74. The van der Waals surface area contributed by atoms with Crippen LogP contribution in [0.4, 0.5) is 0 Å². The molecule has 20 heavy (non-hydrogen) atoms. The van der Waals surface area contributed by atoms with Crippen LogP contribution in [0.5, 0.6) is 5.75 Å². The summed E-state index contributed by atoms with van der Waals surface area (Å²) < 4.78 is 7.30. The minimum absolute atomic E-state index is 0.190. The van der Waals surface area contributed by atoms with Gasteiger partial charge in [0.2, 0.25) is 0 Å². The largest absolute Gasteiger partial charge is 0.495 e. The molecule has 0 bridgehead atoms. The lowest BCUT2D eigenvalue weighted by molar-refractivity contribution is 0.399. The van der Waals surface area contributed by atoms with E-state index in [0.717, 1.165) is 17.9 Å². The smallest absolute Gasteiger partial charge is 0.141 e. The van der Waals surface area contributed by atoms with Gasteiger partial charge in [0.15, 0.2) is 0 Å². The molecule has 5 heteroatoms. The Morgan fingerprint density at radius 1 is 1.30 bits per heavy atom. The number of ether oxygens (including phenoxy) is 1. The molecule has 0 unspecified atom stereocenters. The van der Waals surface area contributed by atoms with Gasteiger partial charge in [-0.3, -0.25) is 9.67 Å². The molecule has 1 atom stereocenters. The van der Waals surface area contributed by atoms with Crippen molar-refractivity contribution in [2.75, 3.05) is 7.11 Å². The molecule has 2 rings (SSSR count). The van der Waals surface area contributed by atoms with E-state index in [0.29, 0.717) is 6.04 Å². The van der Waals surface area contributed by atoms with Gasteiger partial charge in [-0.1, -0.05) is 0 Å². The van der Waals surface area contributed by atoms with E-state index in [-0.39, 0.29) is 6.04 Å². The van der Waals surface area contributed by atoms with Crippen molar-refractivity contribution in [2.45, 2.75) is 39.4 Å². The highest BCUT2D eigenvalue weighted by molar-refractivity contribution is 5.32. The van der Waals surface area contributed by atoms with Gasteiger partial charge >= 0.3 is 0 Å². The van der Waals surface area contributed by atoms with E-state index >= 15 is 0 Å². The summed E-state index contributed by atoms with van der Waals surface area (Å²) in [4.78, 5) is 4.07.